The molecule has 0 fully saturated rings. The summed E-state index contributed by atoms with van der Waals surface area (Å²) in [5, 5.41) is 2.03. The molecule has 25 heavy (non-hydrogen) atoms. The summed E-state index contributed by atoms with van der Waals surface area (Å²) in [4.78, 5) is 8.96. The van der Waals surface area contributed by atoms with E-state index >= 15 is 0 Å². The Kier molecular flexibility index (Phi) is 3.59. The molecule has 4 aromatic rings. The van der Waals surface area contributed by atoms with E-state index in [2.05, 4.69) is 53.0 Å². The summed E-state index contributed by atoms with van der Waals surface area (Å²) in [5.74, 6) is 6.83. The molecule has 0 atom stereocenters. The maximum atomic E-state index is 6.09. The van der Waals surface area contributed by atoms with Crippen molar-refractivity contribution in [3.63, 3.8) is 0 Å². The summed E-state index contributed by atoms with van der Waals surface area (Å²) < 4.78 is 0. The average molecular weight is 323 g/mol. The van der Waals surface area contributed by atoms with Gasteiger partial charge < -0.3 is 5.73 Å². The van der Waals surface area contributed by atoms with Gasteiger partial charge in [0.1, 0.15) is 5.52 Å². The summed E-state index contributed by atoms with van der Waals surface area (Å²) in [5.41, 5.74) is 11.9. The molecule has 3 heteroatoms. The number of nitrogen functional groups attached to an aromatic ring is 1. The molecule has 0 radical (unpaired) electrons. The first-order valence-electron chi connectivity index (χ1n) is 8.14. The van der Waals surface area contributed by atoms with E-state index in [1.807, 2.05) is 31.2 Å². The fourth-order valence-corrected chi connectivity index (χ4v) is 2.87. The van der Waals surface area contributed by atoms with Crippen molar-refractivity contribution in [2.45, 2.75) is 13.8 Å². The quantitative estimate of drug-likeness (QED) is 0.386. The smallest absolute Gasteiger partial charge is 0.150 e. The van der Waals surface area contributed by atoms with Gasteiger partial charge in [0.15, 0.2) is 5.82 Å². The van der Waals surface area contributed by atoms with E-state index in [9.17, 15) is 0 Å². The van der Waals surface area contributed by atoms with Crippen molar-refractivity contribution in [1.82, 2.24) is 9.97 Å². The number of nitrogens with two attached hydrogens (primary N) is 1. The molecule has 2 N–H and O–H groups in total. The zero-order chi connectivity index (χ0) is 17.4. The average Bonchev–Trinajstić information content (AvgIpc) is 2.61. The van der Waals surface area contributed by atoms with Gasteiger partial charge in [-0.25, -0.2) is 4.98 Å². The second-order valence-electron chi connectivity index (χ2n) is 6.25. The zero-order valence-electron chi connectivity index (χ0n) is 14.2. The van der Waals surface area contributed by atoms with Gasteiger partial charge in [-0.2, -0.15) is 0 Å². The van der Waals surface area contributed by atoms with Crippen LogP contribution in [0.2, 0.25) is 0 Å². The lowest BCUT2D eigenvalue weighted by Gasteiger charge is -2.07. The van der Waals surface area contributed by atoms with Crippen LogP contribution in [0.1, 0.15) is 22.3 Å². The number of anilines is 1. The normalized spacial score (nSPS) is 10.6. The molecule has 2 aromatic carbocycles. The molecule has 3 nitrogen and oxygen atoms in total. The van der Waals surface area contributed by atoms with Crippen LogP contribution in [0.4, 0.5) is 5.82 Å². The van der Waals surface area contributed by atoms with E-state index in [1.165, 1.54) is 5.56 Å². The Morgan fingerprint density at radius 2 is 1.52 bits per heavy atom. The van der Waals surface area contributed by atoms with Crippen LogP contribution in [0.3, 0.4) is 0 Å². The standard InChI is InChI=1S/C22H17N3/c1-14-3-6-16(7-4-14)8-9-17-12-19-18-10-5-15(2)11-20(18)25-22(23)21(19)24-13-17/h3-7,10-13H,1-2H3,(H2,23,25). The van der Waals surface area contributed by atoms with E-state index in [4.69, 9.17) is 5.73 Å². The van der Waals surface area contributed by atoms with E-state index in [-0.39, 0.29) is 0 Å². The number of fused-ring (bicyclic) bond motifs is 3. The van der Waals surface area contributed by atoms with E-state index in [0.717, 1.165) is 38.5 Å². The van der Waals surface area contributed by atoms with Crippen LogP contribution in [-0.4, -0.2) is 9.97 Å². The lowest BCUT2D eigenvalue weighted by atomic mass is 10.1. The van der Waals surface area contributed by atoms with Gasteiger partial charge in [-0.15, -0.1) is 0 Å². The Hall–Kier alpha value is -3.38. The van der Waals surface area contributed by atoms with Gasteiger partial charge in [-0.1, -0.05) is 41.7 Å². The minimum atomic E-state index is 0.450. The van der Waals surface area contributed by atoms with Gasteiger partial charge in [-0.05, 0) is 43.7 Å². The maximum absolute atomic E-state index is 6.09. The van der Waals surface area contributed by atoms with Gasteiger partial charge in [0.2, 0.25) is 0 Å². The van der Waals surface area contributed by atoms with Crippen molar-refractivity contribution in [3.8, 4) is 11.8 Å². The number of hydrogen-bond acceptors (Lipinski definition) is 3. The van der Waals surface area contributed by atoms with Crippen LogP contribution in [0.15, 0.2) is 54.7 Å². The molecule has 0 amide bonds. The van der Waals surface area contributed by atoms with Crippen LogP contribution in [-0.2, 0) is 0 Å². The third-order valence-corrected chi connectivity index (χ3v) is 4.22. The second-order valence-corrected chi connectivity index (χ2v) is 6.25. The van der Waals surface area contributed by atoms with Crippen molar-refractivity contribution < 1.29 is 0 Å². The molecule has 2 heterocycles. The molecule has 2 aromatic heterocycles. The van der Waals surface area contributed by atoms with Crippen molar-refractivity contribution in [3.05, 3.63) is 77.0 Å². The minimum absolute atomic E-state index is 0.450. The summed E-state index contributed by atoms with van der Waals surface area (Å²) in [6.45, 7) is 4.11. The van der Waals surface area contributed by atoms with E-state index in [0.29, 0.717) is 5.82 Å². The molecule has 0 unspecified atom stereocenters. The third kappa shape index (κ3) is 2.90. The molecule has 120 valence electrons. The molecular formula is C22H17N3. The lowest BCUT2D eigenvalue weighted by molar-refractivity contribution is 1.34. The largest absolute Gasteiger partial charge is 0.382 e. The summed E-state index contributed by atoms with van der Waals surface area (Å²) in [6, 6.07) is 16.4. The van der Waals surface area contributed by atoms with Crippen LogP contribution >= 0.6 is 0 Å². The predicted octanol–water partition coefficient (Wildman–Crippen LogP) is 4.38. The predicted molar refractivity (Wildman–Crippen MR) is 103 cm³/mol. The first kappa shape index (κ1) is 15.2. The summed E-state index contributed by atoms with van der Waals surface area (Å²) >= 11 is 0. The van der Waals surface area contributed by atoms with Crippen molar-refractivity contribution >= 4 is 27.6 Å². The van der Waals surface area contributed by atoms with Crippen LogP contribution < -0.4 is 5.73 Å². The molecule has 0 saturated heterocycles. The first-order chi connectivity index (χ1) is 12.1. The van der Waals surface area contributed by atoms with Gasteiger partial charge in [0.05, 0.1) is 5.52 Å². The number of rotatable bonds is 0. The fraction of sp³-hybridized carbons (Fsp3) is 0.0909. The minimum Gasteiger partial charge on any atom is -0.382 e. The lowest BCUT2D eigenvalue weighted by Crippen LogP contribution is -1.96. The molecule has 0 aliphatic carbocycles. The maximum Gasteiger partial charge on any atom is 0.150 e. The van der Waals surface area contributed by atoms with Crippen molar-refractivity contribution in [2.24, 2.45) is 0 Å². The fourth-order valence-electron chi connectivity index (χ4n) is 2.87. The Balaban J connectivity index is 1.87. The summed E-state index contributed by atoms with van der Waals surface area (Å²) in [6.07, 6.45) is 1.75. The second kappa shape index (κ2) is 5.92. The zero-order valence-corrected chi connectivity index (χ0v) is 14.2. The van der Waals surface area contributed by atoms with E-state index in [1.54, 1.807) is 6.20 Å². The topological polar surface area (TPSA) is 51.8 Å². The van der Waals surface area contributed by atoms with Gasteiger partial charge in [-0.3, -0.25) is 4.98 Å². The molecular weight excluding hydrogens is 306 g/mol. The number of aryl methyl sites for hydroxylation is 2. The molecule has 0 aliphatic heterocycles. The number of hydrogen-bond donors (Lipinski definition) is 1. The molecule has 0 bridgehead atoms. The molecule has 0 saturated carbocycles. The Morgan fingerprint density at radius 1 is 0.800 bits per heavy atom. The number of pyridine rings is 2. The van der Waals surface area contributed by atoms with Crippen LogP contribution in [0.5, 0.6) is 0 Å². The Labute approximate surface area is 146 Å². The molecule has 0 spiro atoms. The third-order valence-electron chi connectivity index (χ3n) is 4.22. The van der Waals surface area contributed by atoms with Gasteiger partial charge in [0, 0.05) is 28.1 Å². The molecule has 4 rings (SSSR count). The SMILES string of the molecule is Cc1ccc(C#Cc2cnc3c(N)nc4cc(C)ccc4c3c2)cc1. The molecule has 0 aliphatic rings. The highest BCUT2D eigenvalue weighted by Crippen LogP contribution is 2.27. The van der Waals surface area contributed by atoms with Gasteiger partial charge >= 0.3 is 0 Å². The Morgan fingerprint density at radius 3 is 2.32 bits per heavy atom. The highest BCUT2D eigenvalue weighted by molar-refractivity contribution is 6.08. The van der Waals surface area contributed by atoms with Gasteiger partial charge in [0.25, 0.3) is 0 Å². The number of aromatic nitrogens is 2. The first-order valence-corrected chi connectivity index (χ1v) is 8.14. The highest BCUT2D eigenvalue weighted by Gasteiger charge is 2.08. The van der Waals surface area contributed by atoms with Crippen LogP contribution in [0.25, 0.3) is 21.8 Å². The van der Waals surface area contributed by atoms with Crippen molar-refractivity contribution in [1.29, 1.82) is 0 Å². The van der Waals surface area contributed by atoms with E-state index < -0.39 is 0 Å². The Bertz CT molecular complexity index is 1160. The highest BCUT2D eigenvalue weighted by atomic mass is 14.9. The number of benzene rings is 2. The van der Waals surface area contributed by atoms with Crippen LogP contribution in [0, 0.1) is 25.7 Å². The monoisotopic (exact) mass is 323 g/mol. The van der Waals surface area contributed by atoms with Crippen molar-refractivity contribution in [2.75, 3.05) is 5.73 Å². The summed E-state index contributed by atoms with van der Waals surface area (Å²) in [7, 11) is 0. The number of nitrogens with zero attached hydrogens (tertiary/aromatic N) is 2.